The lowest BCUT2D eigenvalue weighted by Crippen LogP contribution is -2.37. The van der Waals surface area contributed by atoms with Crippen LogP contribution in [-0.4, -0.2) is 23.9 Å². The quantitative estimate of drug-likeness (QED) is 0.826. The minimum Gasteiger partial charge on any atom is -0.339 e. The standard InChI is InChI=1S/C14H17BrFNO/c1-2-17(9-10-4-3-5-10)14(18)11-6-7-13(16)12(15)8-11/h6-8,10H,2-5,9H2,1H3. The van der Waals surface area contributed by atoms with E-state index in [1.54, 1.807) is 12.1 Å². The van der Waals surface area contributed by atoms with E-state index < -0.39 is 0 Å². The third-order valence-corrected chi connectivity index (χ3v) is 4.15. The zero-order valence-corrected chi connectivity index (χ0v) is 12.0. The molecule has 0 heterocycles. The summed E-state index contributed by atoms with van der Waals surface area (Å²) in [5.74, 6) is 0.302. The van der Waals surface area contributed by atoms with Gasteiger partial charge in [0.1, 0.15) is 5.82 Å². The second-order valence-corrected chi connectivity index (χ2v) is 5.62. The minimum absolute atomic E-state index is 0.00917. The van der Waals surface area contributed by atoms with Crippen molar-refractivity contribution in [3.05, 3.63) is 34.1 Å². The summed E-state index contributed by atoms with van der Waals surface area (Å²) in [7, 11) is 0. The third kappa shape index (κ3) is 2.91. The van der Waals surface area contributed by atoms with Gasteiger partial charge in [-0.25, -0.2) is 4.39 Å². The van der Waals surface area contributed by atoms with Crippen LogP contribution in [0.3, 0.4) is 0 Å². The zero-order chi connectivity index (χ0) is 13.1. The van der Waals surface area contributed by atoms with E-state index in [2.05, 4.69) is 15.9 Å². The monoisotopic (exact) mass is 313 g/mol. The Labute approximate surface area is 115 Å². The predicted molar refractivity (Wildman–Crippen MR) is 73.0 cm³/mol. The van der Waals surface area contributed by atoms with Gasteiger partial charge in [-0.1, -0.05) is 6.42 Å². The van der Waals surface area contributed by atoms with Crippen molar-refractivity contribution in [3.63, 3.8) is 0 Å². The molecule has 0 radical (unpaired) electrons. The summed E-state index contributed by atoms with van der Waals surface area (Å²) in [5, 5.41) is 0. The number of halogens is 2. The largest absolute Gasteiger partial charge is 0.339 e. The summed E-state index contributed by atoms with van der Waals surface area (Å²) >= 11 is 3.12. The SMILES string of the molecule is CCN(CC1CCC1)C(=O)c1ccc(F)c(Br)c1. The lowest BCUT2D eigenvalue weighted by atomic mass is 9.85. The highest BCUT2D eigenvalue weighted by molar-refractivity contribution is 9.10. The van der Waals surface area contributed by atoms with Crippen LogP contribution in [0.25, 0.3) is 0 Å². The fraction of sp³-hybridized carbons (Fsp3) is 0.500. The fourth-order valence-corrected chi connectivity index (χ4v) is 2.53. The highest BCUT2D eigenvalue weighted by Crippen LogP contribution is 2.27. The van der Waals surface area contributed by atoms with Gasteiger partial charge in [-0.2, -0.15) is 0 Å². The lowest BCUT2D eigenvalue weighted by Gasteiger charge is -2.31. The van der Waals surface area contributed by atoms with Crippen LogP contribution in [0.4, 0.5) is 4.39 Å². The first-order valence-electron chi connectivity index (χ1n) is 6.36. The highest BCUT2D eigenvalue weighted by atomic mass is 79.9. The Morgan fingerprint density at radius 3 is 2.72 bits per heavy atom. The normalized spacial score (nSPS) is 15.3. The third-order valence-electron chi connectivity index (χ3n) is 3.54. The van der Waals surface area contributed by atoms with Gasteiger partial charge in [0.15, 0.2) is 0 Å². The number of hydrogen-bond donors (Lipinski definition) is 0. The molecule has 1 aliphatic carbocycles. The molecule has 0 spiro atoms. The summed E-state index contributed by atoms with van der Waals surface area (Å²) in [6, 6.07) is 4.43. The molecular formula is C14H17BrFNO. The minimum atomic E-state index is -0.339. The molecule has 1 amide bonds. The van der Waals surface area contributed by atoms with Crippen LogP contribution >= 0.6 is 15.9 Å². The Hall–Kier alpha value is -0.900. The topological polar surface area (TPSA) is 20.3 Å². The molecule has 0 unspecified atom stereocenters. The molecule has 0 atom stereocenters. The molecule has 0 saturated heterocycles. The summed E-state index contributed by atoms with van der Waals surface area (Å²) in [6.45, 7) is 3.50. The van der Waals surface area contributed by atoms with E-state index in [4.69, 9.17) is 0 Å². The van der Waals surface area contributed by atoms with E-state index in [0.717, 1.165) is 6.54 Å². The van der Waals surface area contributed by atoms with Crippen molar-refractivity contribution in [2.75, 3.05) is 13.1 Å². The van der Waals surface area contributed by atoms with E-state index in [1.807, 2.05) is 11.8 Å². The predicted octanol–water partition coefficient (Wildman–Crippen LogP) is 3.85. The Morgan fingerprint density at radius 2 is 2.22 bits per heavy atom. The molecule has 1 saturated carbocycles. The first-order valence-corrected chi connectivity index (χ1v) is 7.15. The summed E-state index contributed by atoms with van der Waals surface area (Å²) in [5.41, 5.74) is 0.546. The van der Waals surface area contributed by atoms with Crippen molar-refractivity contribution in [1.29, 1.82) is 0 Å². The van der Waals surface area contributed by atoms with Crippen LogP contribution in [0.1, 0.15) is 36.5 Å². The maximum Gasteiger partial charge on any atom is 0.253 e. The molecule has 2 rings (SSSR count). The Balaban J connectivity index is 2.09. The maximum atomic E-state index is 13.1. The highest BCUT2D eigenvalue weighted by Gasteiger charge is 2.23. The van der Waals surface area contributed by atoms with Gasteiger partial charge in [-0.3, -0.25) is 4.79 Å². The molecule has 0 bridgehead atoms. The van der Waals surface area contributed by atoms with Crippen molar-refractivity contribution in [1.82, 2.24) is 4.90 Å². The molecule has 0 aromatic heterocycles. The molecule has 1 aromatic carbocycles. The van der Waals surface area contributed by atoms with E-state index in [0.29, 0.717) is 22.5 Å². The molecule has 98 valence electrons. The van der Waals surface area contributed by atoms with Crippen LogP contribution in [0.2, 0.25) is 0 Å². The van der Waals surface area contributed by atoms with E-state index >= 15 is 0 Å². The maximum absolute atomic E-state index is 13.1. The number of rotatable bonds is 4. The first-order chi connectivity index (χ1) is 8.61. The van der Waals surface area contributed by atoms with Gasteiger partial charge in [-0.15, -0.1) is 0 Å². The molecular weight excluding hydrogens is 297 g/mol. The molecule has 1 aliphatic rings. The van der Waals surface area contributed by atoms with Gasteiger partial charge in [0, 0.05) is 18.7 Å². The van der Waals surface area contributed by atoms with Crippen LogP contribution in [0.15, 0.2) is 22.7 Å². The molecule has 2 nitrogen and oxygen atoms in total. The van der Waals surface area contributed by atoms with Crippen molar-refractivity contribution < 1.29 is 9.18 Å². The van der Waals surface area contributed by atoms with Crippen LogP contribution in [0.5, 0.6) is 0 Å². The van der Waals surface area contributed by atoms with Gasteiger partial charge in [0.05, 0.1) is 4.47 Å². The lowest BCUT2D eigenvalue weighted by molar-refractivity contribution is 0.0706. The van der Waals surface area contributed by atoms with E-state index in [-0.39, 0.29) is 11.7 Å². The zero-order valence-electron chi connectivity index (χ0n) is 10.5. The summed E-state index contributed by atoms with van der Waals surface area (Å²) < 4.78 is 13.5. The fourth-order valence-electron chi connectivity index (χ4n) is 2.15. The number of carbonyl (C=O) groups excluding carboxylic acids is 1. The van der Waals surface area contributed by atoms with Gasteiger partial charge in [-0.05, 0) is 59.8 Å². The number of benzene rings is 1. The second kappa shape index (κ2) is 5.83. The average Bonchev–Trinajstić information content (AvgIpc) is 2.31. The number of carbonyl (C=O) groups is 1. The van der Waals surface area contributed by atoms with Crippen molar-refractivity contribution >= 4 is 21.8 Å². The van der Waals surface area contributed by atoms with E-state index in [9.17, 15) is 9.18 Å². The van der Waals surface area contributed by atoms with E-state index in [1.165, 1.54) is 25.3 Å². The number of hydrogen-bond acceptors (Lipinski definition) is 1. The van der Waals surface area contributed by atoms with Crippen molar-refractivity contribution in [2.24, 2.45) is 5.92 Å². The van der Waals surface area contributed by atoms with Crippen molar-refractivity contribution in [3.8, 4) is 0 Å². The molecule has 0 aliphatic heterocycles. The van der Waals surface area contributed by atoms with Gasteiger partial charge < -0.3 is 4.90 Å². The molecule has 4 heteroatoms. The molecule has 0 N–H and O–H groups in total. The Morgan fingerprint density at radius 1 is 1.50 bits per heavy atom. The van der Waals surface area contributed by atoms with Crippen LogP contribution < -0.4 is 0 Å². The smallest absolute Gasteiger partial charge is 0.253 e. The van der Waals surface area contributed by atoms with Crippen LogP contribution in [0, 0.1) is 11.7 Å². The Bertz CT molecular complexity index is 445. The second-order valence-electron chi connectivity index (χ2n) is 4.77. The van der Waals surface area contributed by atoms with Crippen molar-refractivity contribution in [2.45, 2.75) is 26.2 Å². The van der Waals surface area contributed by atoms with Gasteiger partial charge in [0.2, 0.25) is 0 Å². The molecule has 1 aromatic rings. The summed E-state index contributed by atoms with van der Waals surface area (Å²) in [6.07, 6.45) is 3.71. The molecule has 18 heavy (non-hydrogen) atoms. The first kappa shape index (κ1) is 13.5. The Kier molecular flexibility index (Phi) is 4.38. The molecule has 1 fully saturated rings. The summed E-state index contributed by atoms with van der Waals surface area (Å²) in [4.78, 5) is 14.1. The number of amides is 1. The number of nitrogens with zero attached hydrogens (tertiary/aromatic N) is 1. The van der Waals surface area contributed by atoms with Gasteiger partial charge in [0.25, 0.3) is 5.91 Å². The van der Waals surface area contributed by atoms with Gasteiger partial charge >= 0.3 is 0 Å². The van der Waals surface area contributed by atoms with Crippen LogP contribution in [-0.2, 0) is 0 Å². The average molecular weight is 314 g/mol.